The minimum absolute atomic E-state index is 0.120. The van der Waals surface area contributed by atoms with Crippen LogP contribution in [0.1, 0.15) is 0 Å². The van der Waals surface area contributed by atoms with E-state index < -0.39 is 17.5 Å². The zero-order chi connectivity index (χ0) is 12.6. The maximum Gasteiger partial charge on any atom is 0.176 e. The summed E-state index contributed by atoms with van der Waals surface area (Å²) in [7, 11) is 0. The van der Waals surface area contributed by atoms with Gasteiger partial charge in [0.2, 0.25) is 0 Å². The van der Waals surface area contributed by atoms with Crippen molar-refractivity contribution in [2.24, 2.45) is 0 Å². The third kappa shape index (κ3) is 1.97. The molecule has 0 fully saturated rings. The van der Waals surface area contributed by atoms with Crippen LogP contribution in [0.3, 0.4) is 0 Å². The predicted molar refractivity (Wildman–Crippen MR) is 60.1 cm³/mol. The average Bonchev–Trinajstić information content (AvgIpc) is 2.71. The number of hydrogen-bond donors (Lipinski definition) is 2. The zero-order valence-corrected chi connectivity index (χ0v) is 9.54. The average molecular weight is 259 g/mol. The lowest BCUT2D eigenvalue weighted by atomic mass is 10.1. The maximum absolute atomic E-state index is 13.7. The fourth-order valence-electron chi connectivity index (χ4n) is 1.44. The molecule has 1 aromatic carbocycles. The van der Waals surface area contributed by atoms with Crippen LogP contribution in [0, 0.1) is 17.5 Å². The van der Waals surface area contributed by atoms with Crippen molar-refractivity contribution in [1.29, 1.82) is 0 Å². The Hall–Kier alpha value is -1.63. The van der Waals surface area contributed by atoms with Crippen molar-refractivity contribution < 1.29 is 13.2 Å². The molecule has 0 unspecified atom stereocenters. The Morgan fingerprint density at radius 3 is 2.47 bits per heavy atom. The van der Waals surface area contributed by atoms with Crippen LogP contribution in [-0.4, -0.2) is 16.5 Å². The molecule has 0 aliphatic heterocycles. The Morgan fingerprint density at radius 1 is 1.24 bits per heavy atom. The summed E-state index contributed by atoms with van der Waals surface area (Å²) < 4.78 is 40.7. The van der Waals surface area contributed by atoms with E-state index in [1.165, 1.54) is 12.3 Å². The van der Waals surface area contributed by atoms with Crippen LogP contribution < -0.4 is 5.73 Å². The zero-order valence-electron chi connectivity index (χ0n) is 8.72. The van der Waals surface area contributed by atoms with Crippen molar-refractivity contribution in [1.82, 2.24) is 10.2 Å². The highest BCUT2D eigenvalue weighted by Gasteiger charge is 2.20. The summed E-state index contributed by atoms with van der Waals surface area (Å²) in [5.74, 6) is -3.03. The van der Waals surface area contributed by atoms with E-state index in [0.717, 1.165) is 17.8 Å². The number of anilines is 1. The fraction of sp³-hybridized carbons (Fsp3) is 0.100. The summed E-state index contributed by atoms with van der Waals surface area (Å²) in [5.41, 5.74) is 5.24. The molecule has 1 heterocycles. The molecule has 0 bridgehead atoms. The summed E-state index contributed by atoms with van der Waals surface area (Å²) in [5, 5.41) is 5.97. The van der Waals surface area contributed by atoms with Gasteiger partial charge in [-0.3, -0.25) is 5.10 Å². The second kappa shape index (κ2) is 4.33. The normalized spacial score (nSPS) is 10.8. The minimum atomic E-state index is -1.21. The number of nitrogen functional groups attached to an aromatic ring is 1. The van der Waals surface area contributed by atoms with Gasteiger partial charge in [-0.2, -0.15) is 5.10 Å². The van der Waals surface area contributed by atoms with E-state index in [9.17, 15) is 13.2 Å². The molecular formula is C10H8F3N3S. The number of aromatic nitrogens is 2. The van der Waals surface area contributed by atoms with E-state index in [0.29, 0.717) is 0 Å². The van der Waals surface area contributed by atoms with Crippen LogP contribution in [0.2, 0.25) is 0 Å². The van der Waals surface area contributed by atoms with Gasteiger partial charge in [-0.15, -0.1) is 11.8 Å². The predicted octanol–water partition coefficient (Wildman–Crippen LogP) is 2.80. The molecule has 2 aromatic rings. The third-order valence-electron chi connectivity index (χ3n) is 2.21. The van der Waals surface area contributed by atoms with Crippen molar-refractivity contribution in [3.63, 3.8) is 0 Å². The molecule has 1 aromatic heterocycles. The van der Waals surface area contributed by atoms with Gasteiger partial charge in [0.15, 0.2) is 11.6 Å². The van der Waals surface area contributed by atoms with Gasteiger partial charge in [0, 0.05) is 11.6 Å². The van der Waals surface area contributed by atoms with Crippen LogP contribution in [-0.2, 0) is 0 Å². The summed E-state index contributed by atoms with van der Waals surface area (Å²) >= 11 is 0.805. The molecule has 3 nitrogen and oxygen atoms in total. The molecule has 2 rings (SSSR count). The Kier molecular flexibility index (Phi) is 3.01. The third-order valence-corrected chi connectivity index (χ3v) is 2.99. The van der Waals surface area contributed by atoms with Crippen molar-refractivity contribution in [2.75, 3.05) is 12.0 Å². The minimum Gasteiger partial charge on any atom is -0.382 e. The molecule has 0 amide bonds. The van der Waals surface area contributed by atoms with E-state index in [1.807, 2.05) is 0 Å². The lowest BCUT2D eigenvalue weighted by Gasteiger charge is -2.06. The van der Waals surface area contributed by atoms with Crippen LogP contribution >= 0.6 is 11.8 Å². The number of rotatable bonds is 2. The maximum atomic E-state index is 13.7. The highest BCUT2D eigenvalue weighted by atomic mass is 32.2. The number of nitrogens with two attached hydrogens (primary N) is 1. The van der Waals surface area contributed by atoms with Crippen molar-refractivity contribution in [2.45, 2.75) is 4.90 Å². The lowest BCUT2D eigenvalue weighted by molar-refractivity contribution is 0.470. The van der Waals surface area contributed by atoms with Crippen molar-refractivity contribution >= 4 is 17.6 Å². The smallest absolute Gasteiger partial charge is 0.176 e. The summed E-state index contributed by atoms with van der Waals surface area (Å²) in [4.78, 5) is -0.348. The molecule has 0 saturated heterocycles. The highest BCUT2D eigenvalue weighted by Crippen LogP contribution is 2.32. The molecule has 3 N–H and O–H groups in total. The molecule has 90 valence electrons. The summed E-state index contributed by atoms with van der Waals surface area (Å²) in [6, 6.07) is 2.22. The topological polar surface area (TPSA) is 54.7 Å². The molecule has 17 heavy (non-hydrogen) atoms. The number of nitrogens with one attached hydrogen (secondary N) is 1. The first-order chi connectivity index (χ1) is 8.04. The van der Waals surface area contributed by atoms with Gasteiger partial charge in [0.1, 0.15) is 11.6 Å². The Morgan fingerprint density at radius 2 is 1.94 bits per heavy atom. The molecule has 0 atom stereocenters. The number of halogens is 3. The highest BCUT2D eigenvalue weighted by molar-refractivity contribution is 7.98. The van der Waals surface area contributed by atoms with Crippen LogP contribution in [0.15, 0.2) is 17.0 Å². The Balaban J connectivity index is 2.64. The molecule has 0 aliphatic rings. The Bertz CT molecular complexity index is 568. The first-order valence-electron chi connectivity index (χ1n) is 4.57. The molecule has 0 saturated carbocycles. The van der Waals surface area contributed by atoms with E-state index in [4.69, 9.17) is 5.73 Å². The molecule has 0 spiro atoms. The van der Waals surface area contributed by atoms with Crippen molar-refractivity contribution in [3.05, 3.63) is 29.6 Å². The van der Waals surface area contributed by atoms with Gasteiger partial charge in [0.25, 0.3) is 0 Å². The number of nitrogens with zero attached hydrogens (tertiary/aromatic N) is 1. The molecule has 0 radical (unpaired) electrons. The van der Waals surface area contributed by atoms with Gasteiger partial charge in [0.05, 0.1) is 10.6 Å². The van der Waals surface area contributed by atoms with E-state index in [1.54, 1.807) is 0 Å². The number of benzene rings is 1. The van der Waals surface area contributed by atoms with Crippen LogP contribution in [0.5, 0.6) is 0 Å². The van der Waals surface area contributed by atoms with E-state index in [2.05, 4.69) is 10.2 Å². The number of aromatic amines is 1. The second-order valence-corrected chi connectivity index (χ2v) is 4.09. The van der Waals surface area contributed by atoms with Gasteiger partial charge in [-0.25, -0.2) is 13.2 Å². The quantitative estimate of drug-likeness (QED) is 0.644. The molecular weight excluding hydrogens is 251 g/mol. The number of H-pyrrole nitrogens is 1. The second-order valence-electron chi connectivity index (χ2n) is 3.27. The van der Waals surface area contributed by atoms with Gasteiger partial charge >= 0.3 is 0 Å². The van der Waals surface area contributed by atoms with Crippen LogP contribution in [0.4, 0.5) is 19.0 Å². The Labute approximate surface area is 99.2 Å². The van der Waals surface area contributed by atoms with Gasteiger partial charge in [-0.05, 0) is 12.3 Å². The lowest BCUT2D eigenvalue weighted by Crippen LogP contribution is -1.96. The molecule has 0 aliphatic carbocycles. The largest absolute Gasteiger partial charge is 0.382 e. The van der Waals surface area contributed by atoms with Crippen LogP contribution in [0.25, 0.3) is 11.3 Å². The number of hydrogen-bond acceptors (Lipinski definition) is 3. The van der Waals surface area contributed by atoms with Crippen molar-refractivity contribution in [3.8, 4) is 11.3 Å². The van der Waals surface area contributed by atoms with Gasteiger partial charge in [-0.1, -0.05) is 0 Å². The van der Waals surface area contributed by atoms with Gasteiger partial charge < -0.3 is 5.73 Å². The van der Waals surface area contributed by atoms with E-state index in [-0.39, 0.29) is 22.0 Å². The van der Waals surface area contributed by atoms with E-state index >= 15 is 0 Å². The SMILES string of the molecule is CSc1c(F)cc(-c2cc(N)n[nH]2)c(F)c1F. The standard InChI is InChI=1S/C10H8F3N3S/c1-17-10-5(11)2-4(8(12)9(10)13)6-3-7(14)16-15-6/h2-3H,1H3,(H3,14,15,16). The summed E-state index contributed by atoms with van der Waals surface area (Å²) in [6.07, 6.45) is 1.47. The summed E-state index contributed by atoms with van der Waals surface area (Å²) in [6.45, 7) is 0. The number of thioether (sulfide) groups is 1. The first kappa shape index (κ1) is 11.8. The first-order valence-corrected chi connectivity index (χ1v) is 5.79. The monoisotopic (exact) mass is 259 g/mol. The fourth-order valence-corrected chi connectivity index (χ4v) is 1.96. The molecule has 7 heteroatoms.